The zero-order valence-corrected chi connectivity index (χ0v) is 18.6. The van der Waals surface area contributed by atoms with Gasteiger partial charge in [0.2, 0.25) is 0 Å². The highest BCUT2D eigenvalue weighted by Crippen LogP contribution is 2.38. The lowest BCUT2D eigenvalue weighted by Gasteiger charge is -2.20. The second-order valence-electron chi connectivity index (χ2n) is 7.02. The first-order valence-electron chi connectivity index (χ1n) is 9.49. The molecule has 1 amide bonds. The molecule has 0 saturated carbocycles. The van der Waals surface area contributed by atoms with Gasteiger partial charge in [0.25, 0.3) is 5.91 Å². The summed E-state index contributed by atoms with van der Waals surface area (Å²) in [5, 5.41) is 11.5. The van der Waals surface area contributed by atoms with E-state index in [0.717, 1.165) is 21.6 Å². The number of amides is 1. The minimum absolute atomic E-state index is 0.0381. The molecule has 0 saturated heterocycles. The molecule has 1 aliphatic heterocycles. The van der Waals surface area contributed by atoms with E-state index < -0.39 is 4.92 Å². The number of anilines is 1. The fourth-order valence-electron chi connectivity index (χ4n) is 2.94. The number of carbonyl (C=O) groups is 1. The minimum atomic E-state index is -0.443. The van der Waals surface area contributed by atoms with Crippen molar-refractivity contribution in [3.8, 4) is 11.5 Å². The Bertz CT molecular complexity index is 1110. The van der Waals surface area contributed by atoms with Crippen LogP contribution in [0.4, 0.5) is 10.1 Å². The van der Waals surface area contributed by atoms with Crippen LogP contribution in [0.5, 0.6) is 11.5 Å². The van der Waals surface area contributed by atoms with Crippen molar-refractivity contribution in [2.24, 2.45) is 0 Å². The number of benzene rings is 1. The van der Waals surface area contributed by atoms with Crippen molar-refractivity contribution in [2.75, 3.05) is 45.3 Å². The molecule has 2 aromatic heterocycles. The normalized spacial score (nSPS) is 13.3. The van der Waals surface area contributed by atoms with Gasteiger partial charge in [-0.25, -0.2) is 4.98 Å². The monoisotopic (exact) mass is 460 g/mol. The maximum atomic E-state index is 13.0. The molecular formula is C20H20N4O5S2. The van der Waals surface area contributed by atoms with E-state index in [0.29, 0.717) is 47.8 Å². The van der Waals surface area contributed by atoms with Crippen LogP contribution in [0.3, 0.4) is 0 Å². The fraction of sp³-hybridized carbons (Fsp3) is 0.300. The van der Waals surface area contributed by atoms with E-state index in [1.165, 1.54) is 23.5 Å². The number of nitrogens with zero attached hydrogens (tertiary/aromatic N) is 4. The van der Waals surface area contributed by atoms with Crippen molar-refractivity contribution in [3.63, 3.8) is 0 Å². The molecule has 0 atom stereocenters. The molecule has 1 aliphatic rings. The van der Waals surface area contributed by atoms with Gasteiger partial charge >= 0.3 is 5.00 Å². The molecule has 0 aliphatic carbocycles. The number of nitro groups is 1. The SMILES string of the molecule is CN(C)CCN(C(=O)/C=C/c1ccc([N+](=O)[O-])s1)c1nc2cc3c(cc2s1)OCCO3. The number of thiazole rings is 1. The van der Waals surface area contributed by atoms with Crippen LogP contribution in [-0.4, -0.2) is 61.1 Å². The Morgan fingerprint density at radius 3 is 2.61 bits per heavy atom. The fourth-order valence-corrected chi connectivity index (χ4v) is 4.67. The Hall–Kier alpha value is -3.02. The van der Waals surface area contributed by atoms with Crippen LogP contribution in [0.2, 0.25) is 0 Å². The van der Waals surface area contributed by atoms with E-state index in [1.54, 1.807) is 17.0 Å². The third kappa shape index (κ3) is 4.84. The molecule has 3 heterocycles. The predicted molar refractivity (Wildman–Crippen MR) is 122 cm³/mol. The summed E-state index contributed by atoms with van der Waals surface area (Å²) in [7, 11) is 3.87. The van der Waals surface area contributed by atoms with Gasteiger partial charge in [-0.15, -0.1) is 0 Å². The van der Waals surface area contributed by atoms with E-state index in [9.17, 15) is 14.9 Å². The molecule has 0 unspecified atom stereocenters. The summed E-state index contributed by atoms with van der Waals surface area (Å²) in [5.41, 5.74) is 0.741. The Balaban J connectivity index is 1.61. The minimum Gasteiger partial charge on any atom is -0.486 e. The average molecular weight is 461 g/mol. The number of fused-ring (bicyclic) bond motifs is 2. The Labute approximate surface area is 186 Å². The lowest BCUT2D eigenvalue weighted by atomic mass is 10.3. The van der Waals surface area contributed by atoms with Gasteiger partial charge < -0.3 is 14.4 Å². The predicted octanol–water partition coefficient (Wildman–Crippen LogP) is 3.65. The van der Waals surface area contributed by atoms with E-state index in [2.05, 4.69) is 4.98 Å². The molecule has 11 heteroatoms. The molecule has 162 valence electrons. The van der Waals surface area contributed by atoms with Crippen LogP contribution in [0.15, 0.2) is 30.3 Å². The maximum Gasteiger partial charge on any atom is 0.324 e. The first-order chi connectivity index (χ1) is 14.9. The standard InChI is InChI=1S/C20H20N4O5S2/c1-22(2)7-8-23(18(25)5-3-13-4-6-19(30-13)24(26)27)20-21-14-11-15-16(12-17(14)31-20)29-10-9-28-15/h3-6,11-12H,7-10H2,1-2H3/b5-3+. The number of ether oxygens (including phenoxy) is 2. The number of hydrogen-bond acceptors (Lipinski definition) is 9. The zero-order chi connectivity index (χ0) is 22.0. The molecule has 3 aromatic rings. The van der Waals surface area contributed by atoms with Crippen LogP contribution in [0, 0.1) is 10.1 Å². The van der Waals surface area contributed by atoms with Crippen molar-refractivity contribution < 1.29 is 19.2 Å². The van der Waals surface area contributed by atoms with Gasteiger partial charge in [0.1, 0.15) is 13.2 Å². The topological polar surface area (TPSA) is 98.0 Å². The van der Waals surface area contributed by atoms with Crippen molar-refractivity contribution in [1.82, 2.24) is 9.88 Å². The summed E-state index contributed by atoms with van der Waals surface area (Å²) in [4.78, 5) is 32.3. The summed E-state index contributed by atoms with van der Waals surface area (Å²) in [6.07, 6.45) is 3.02. The summed E-state index contributed by atoms with van der Waals surface area (Å²) >= 11 is 2.43. The highest BCUT2D eigenvalue weighted by atomic mass is 32.1. The molecule has 1 aromatic carbocycles. The molecule has 0 fully saturated rings. The van der Waals surface area contributed by atoms with Crippen LogP contribution >= 0.6 is 22.7 Å². The zero-order valence-electron chi connectivity index (χ0n) is 16.9. The Morgan fingerprint density at radius 1 is 1.19 bits per heavy atom. The number of rotatable bonds is 7. The van der Waals surface area contributed by atoms with Gasteiger partial charge in [-0.1, -0.05) is 22.7 Å². The maximum absolute atomic E-state index is 13.0. The lowest BCUT2D eigenvalue weighted by Crippen LogP contribution is -2.35. The van der Waals surface area contributed by atoms with Crippen molar-refractivity contribution in [3.05, 3.63) is 45.3 Å². The molecule has 0 N–H and O–H groups in total. The van der Waals surface area contributed by atoms with Gasteiger partial charge in [0.15, 0.2) is 16.6 Å². The molecule has 0 spiro atoms. The van der Waals surface area contributed by atoms with Gasteiger partial charge in [-0.05, 0) is 26.2 Å². The summed E-state index contributed by atoms with van der Waals surface area (Å²) in [5.74, 6) is 1.09. The largest absolute Gasteiger partial charge is 0.486 e. The lowest BCUT2D eigenvalue weighted by molar-refractivity contribution is -0.380. The number of thiophene rings is 1. The van der Waals surface area contributed by atoms with Gasteiger partial charge in [-0.2, -0.15) is 0 Å². The first-order valence-corrected chi connectivity index (χ1v) is 11.1. The summed E-state index contributed by atoms with van der Waals surface area (Å²) in [6.45, 7) is 2.11. The van der Waals surface area contributed by atoms with E-state index in [4.69, 9.17) is 9.47 Å². The highest BCUT2D eigenvalue weighted by Gasteiger charge is 2.21. The highest BCUT2D eigenvalue weighted by molar-refractivity contribution is 7.22. The molecule has 31 heavy (non-hydrogen) atoms. The van der Waals surface area contributed by atoms with Crippen LogP contribution in [0.1, 0.15) is 4.88 Å². The van der Waals surface area contributed by atoms with Gasteiger partial charge in [0.05, 0.1) is 15.1 Å². The average Bonchev–Trinajstić information content (AvgIpc) is 3.37. The number of carbonyl (C=O) groups excluding carboxylic acids is 1. The van der Waals surface area contributed by atoms with Crippen molar-refractivity contribution >= 4 is 55.0 Å². The summed E-state index contributed by atoms with van der Waals surface area (Å²) in [6, 6.07) is 6.77. The second kappa shape index (κ2) is 9.00. The smallest absolute Gasteiger partial charge is 0.324 e. The quantitative estimate of drug-likeness (QED) is 0.302. The summed E-state index contributed by atoms with van der Waals surface area (Å²) < 4.78 is 12.2. The van der Waals surface area contributed by atoms with Gasteiger partial charge in [0, 0.05) is 42.2 Å². The molecule has 0 radical (unpaired) electrons. The van der Waals surface area contributed by atoms with Crippen LogP contribution < -0.4 is 14.4 Å². The molecule has 4 rings (SSSR count). The van der Waals surface area contributed by atoms with Crippen molar-refractivity contribution in [2.45, 2.75) is 0 Å². The van der Waals surface area contributed by atoms with E-state index in [-0.39, 0.29) is 10.9 Å². The Morgan fingerprint density at radius 2 is 1.94 bits per heavy atom. The Kier molecular flexibility index (Phi) is 6.16. The van der Waals surface area contributed by atoms with Crippen LogP contribution in [-0.2, 0) is 4.79 Å². The number of hydrogen-bond donors (Lipinski definition) is 0. The molecular weight excluding hydrogens is 440 g/mol. The third-order valence-corrected chi connectivity index (χ3v) is 6.53. The van der Waals surface area contributed by atoms with E-state index in [1.807, 2.05) is 31.1 Å². The molecule has 9 nitrogen and oxygen atoms in total. The third-order valence-electron chi connectivity index (χ3n) is 4.49. The van der Waals surface area contributed by atoms with Crippen molar-refractivity contribution in [1.29, 1.82) is 0 Å². The van der Waals surface area contributed by atoms with Gasteiger partial charge in [-0.3, -0.25) is 19.8 Å². The molecule has 0 bridgehead atoms. The van der Waals surface area contributed by atoms with Crippen LogP contribution in [0.25, 0.3) is 16.3 Å². The number of likely N-dealkylation sites (N-methyl/N-ethyl adjacent to an activating group) is 1. The first kappa shape index (κ1) is 21.2. The van der Waals surface area contributed by atoms with E-state index >= 15 is 0 Å². The second-order valence-corrected chi connectivity index (χ2v) is 9.12. The number of aromatic nitrogens is 1.